The van der Waals surface area contributed by atoms with Crippen LogP contribution in [0, 0.1) is 20.8 Å². The van der Waals surface area contributed by atoms with E-state index in [1.54, 1.807) is 6.92 Å². The molecule has 0 saturated heterocycles. The smallest absolute Gasteiger partial charge is 0.325 e. The summed E-state index contributed by atoms with van der Waals surface area (Å²) in [5.41, 5.74) is 1.95. The number of thioether (sulfide) groups is 1. The van der Waals surface area contributed by atoms with Crippen molar-refractivity contribution >= 4 is 23.4 Å². The lowest BCUT2D eigenvalue weighted by molar-refractivity contribution is -0.137. The normalized spacial score (nSPS) is 12.8. The first-order valence-electron chi connectivity index (χ1n) is 7.54. The fraction of sp³-hybridized carbons (Fsp3) is 0.353. The molecule has 0 aliphatic heterocycles. The zero-order valence-corrected chi connectivity index (χ0v) is 15.0. The van der Waals surface area contributed by atoms with E-state index in [2.05, 4.69) is 15.3 Å². The van der Waals surface area contributed by atoms with Gasteiger partial charge in [0.1, 0.15) is 0 Å². The molecule has 134 valence electrons. The number of alkyl halides is 3. The maximum atomic E-state index is 12.7. The van der Waals surface area contributed by atoms with Crippen molar-refractivity contribution in [3.8, 4) is 0 Å². The van der Waals surface area contributed by atoms with Gasteiger partial charge in [-0.15, -0.1) is 0 Å². The topological polar surface area (TPSA) is 54.9 Å². The van der Waals surface area contributed by atoms with Crippen LogP contribution in [0.3, 0.4) is 0 Å². The number of nitrogens with one attached hydrogen (secondary N) is 1. The molecular weight excluding hydrogens is 351 g/mol. The van der Waals surface area contributed by atoms with Gasteiger partial charge < -0.3 is 5.32 Å². The highest BCUT2D eigenvalue weighted by atomic mass is 32.2. The predicted octanol–water partition coefficient (Wildman–Crippen LogP) is 4.54. The number of aryl methyl sites for hydroxylation is 2. The van der Waals surface area contributed by atoms with Gasteiger partial charge in [-0.25, -0.2) is 9.97 Å². The van der Waals surface area contributed by atoms with Gasteiger partial charge in [0, 0.05) is 17.1 Å². The lowest BCUT2D eigenvalue weighted by Gasteiger charge is -2.14. The van der Waals surface area contributed by atoms with Gasteiger partial charge in [0.2, 0.25) is 5.91 Å². The molecule has 2 rings (SSSR count). The van der Waals surface area contributed by atoms with Crippen molar-refractivity contribution in [2.24, 2.45) is 0 Å². The van der Waals surface area contributed by atoms with Gasteiger partial charge in [-0.05, 0) is 51.5 Å². The second-order valence-electron chi connectivity index (χ2n) is 5.63. The quantitative estimate of drug-likeness (QED) is 0.635. The Morgan fingerprint density at radius 2 is 1.76 bits per heavy atom. The molecule has 0 unspecified atom stereocenters. The van der Waals surface area contributed by atoms with Crippen LogP contribution < -0.4 is 5.32 Å². The van der Waals surface area contributed by atoms with Crippen molar-refractivity contribution in [2.75, 3.05) is 5.32 Å². The van der Waals surface area contributed by atoms with E-state index >= 15 is 0 Å². The number of anilines is 1. The molecule has 4 nitrogen and oxygen atoms in total. The second-order valence-corrected chi connectivity index (χ2v) is 6.94. The van der Waals surface area contributed by atoms with Gasteiger partial charge in [-0.3, -0.25) is 4.79 Å². The Labute approximate surface area is 148 Å². The Morgan fingerprint density at radius 3 is 2.32 bits per heavy atom. The van der Waals surface area contributed by atoms with E-state index in [4.69, 9.17) is 0 Å². The molecule has 2 aromatic rings. The molecule has 0 bridgehead atoms. The molecule has 1 amide bonds. The van der Waals surface area contributed by atoms with Crippen molar-refractivity contribution < 1.29 is 18.0 Å². The summed E-state index contributed by atoms with van der Waals surface area (Å²) in [6.45, 7) is 7.30. The summed E-state index contributed by atoms with van der Waals surface area (Å²) in [7, 11) is 0. The minimum atomic E-state index is -4.45. The molecule has 25 heavy (non-hydrogen) atoms. The minimum Gasteiger partial charge on any atom is -0.325 e. The third kappa shape index (κ3) is 4.94. The summed E-state index contributed by atoms with van der Waals surface area (Å²) >= 11 is 1.16. The van der Waals surface area contributed by atoms with Gasteiger partial charge in [-0.2, -0.15) is 13.2 Å². The summed E-state index contributed by atoms with van der Waals surface area (Å²) in [5.74, 6) is -0.413. The van der Waals surface area contributed by atoms with Crippen LogP contribution in [0.5, 0.6) is 0 Å². The van der Waals surface area contributed by atoms with Crippen molar-refractivity contribution in [1.29, 1.82) is 0 Å². The van der Waals surface area contributed by atoms with Crippen LogP contribution in [-0.2, 0) is 11.0 Å². The number of carbonyl (C=O) groups excluding carboxylic acids is 1. The molecular formula is C17H18F3N3OS. The third-order valence-corrected chi connectivity index (χ3v) is 4.68. The first-order chi connectivity index (χ1) is 11.6. The van der Waals surface area contributed by atoms with E-state index in [-0.39, 0.29) is 5.69 Å². The number of aromatic nitrogens is 2. The lowest BCUT2D eigenvalue weighted by Crippen LogP contribution is -2.23. The molecule has 0 aliphatic rings. The Balaban J connectivity index is 2.08. The highest BCUT2D eigenvalue weighted by molar-refractivity contribution is 8.00. The van der Waals surface area contributed by atoms with E-state index in [0.29, 0.717) is 5.16 Å². The first-order valence-corrected chi connectivity index (χ1v) is 8.42. The summed E-state index contributed by atoms with van der Waals surface area (Å²) in [6.07, 6.45) is -4.45. The largest absolute Gasteiger partial charge is 0.416 e. The fourth-order valence-corrected chi connectivity index (χ4v) is 2.88. The number of carbonyl (C=O) groups is 1. The molecule has 0 spiro atoms. The highest BCUT2D eigenvalue weighted by Crippen LogP contribution is 2.31. The molecule has 1 heterocycles. The van der Waals surface area contributed by atoms with Crippen molar-refractivity contribution in [3.05, 3.63) is 46.8 Å². The molecule has 1 N–H and O–H groups in total. The van der Waals surface area contributed by atoms with E-state index in [0.717, 1.165) is 40.8 Å². The van der Waals surface area contributed by atoms with Crippen LogP contribution in [-0.4, -0.2) is 21.1 Å². The van der Waals surface area contributed by atoms with E-state index < -0.39 is 22.9 Å². The Morgan fingerprint density at radius 1 is 1.16 bits per heavy atom. The number of halogens is 3. The average molecular weight is 369 g/mol. The summed E-state index contributed by atoms with van der Waals surface area (Å²) in [5, 5.41) is 2.41. The first kappa shape index (κ1) is 19.2. The van der Waals surface area contributed by atoms with Crippen LogP contribution in [0.2, 0.25) is 0 Å². The van der Waals surface area contributed by atoms with Crippen LogP contribution in [0.25, 0.3) is 0 Å². The lowest BCUT2D eigenvalue weighted by atomic mass is 10.2. The van der Waals surface area contributed by atoms with Gasteiger partial charge in [0.05, 0.1) is 10.8 Å². The zero-order chi connectivity index (χ0) is 18.8. The fourth-order valence-electron chi connectivity index (χ4n) is 2.02. The van der Waals surface area contributed by atoms with Crippen molar-refractivity contribution in [3.63, 3.8) is 0 Å². The number of nitrogens with zero attached hydrogens (tertiary/aromatic N) is 2. The molecule has 0 saturated carbocycles. The minimum absolute atomic E-state index is 0.101. The van der Waals surface area contributed by atoms with Gasteiger partial charge >= 0.3 is 6.18 Å². The maximum Gasteiger partial charge on any atom is 0.416 e. The van der Waals surface area contributed by atoms with Gasteiger partial charge in [-0.1, -0.05) is 17.8 Å². The van der Waals surface area contributed by atoms with Crippen LogP contribution in [0.15, 0.2) is 29.4 Å². The SMILES string of the molecule is Cc1nc(S[C@H](C)C(=O)Nc2cccc(C(F)(F)F)c2)nc(C)c1C. The molecule has 1 aromatic carbocycles. The number of hydrogen-bond donors (Lipinski definition) is 1. The summed E-state index contributed by atoms with van der Waals surface area (Å²) in [6, 6.07) is 4.54. The standard InChI is InChI=1S/C17H18F3N3OS/c1-9-10(2)21-16(22-11(9)3)25-12(4)15(24)23-14-7-5-6-13(8-14)17(18,19)20/h5-8,12H,1-4H3,(H,23,24)/t12-/m1/s1. The van der Waals surface area contributed by atoms with Crippen LogP contribution in [0.1, 0.15) is 29.4 Å². The predicted molar refractivity (Wildman–Crippen MR) is 91.6 cm³/mol. The van der Waals surface area contributed by atoms with Crippen LogP contribution in [0.4, 0.5) is 18.9 Å². The van der Waals surface area contributed by atoms with E-state index in [1.165, 1.54) is 12.1 Å². The van der Waals surface area contributed by atoms with E-state index in [1.807, 2.05) is 20.8 Å². The summed E-state index contributed by atoms with van der Waals surface area (Å²) < 4.78 is 38.2. The average Bonchev–Trinajstić information content (AvgIpc) is 2.52. The second kappa shape index (κ2) is 7.43. The Kier molecular flexibility index (Phi) is 5.72. The Hall–Kier alpha value is -2.09. The molecule has 0 fully saturated rings. The number of rotatable bonds is 4. The number of benzene rings is 1. The van der Waals surface area contributed by atoms with E-state index in [9.17, 15) is 18.0 Å². The van der Waals surface area contributed by atoms with Gasteiger partial charge in [0.15, 0.2) is 5.16 Å². The number of hydrogen-bond acceptors (Lipinski definition) is 4. The third-order valence-electron chi connectivity index (χ3n) is 3.72. The molecule has 1 atom stereocenters. The Bertz CT molecular complexity index is 770. The zero-order valence-electron chi connectivity index (χ0n) is 14.2. The molecule has 0 aliphatic carbocycles. The maximum absolute atomic E-state index is 12.7. The van der Waals surface area contributed by atoms with Crippen molar-refractivity contribution in [2.45, 2.75) is 44.3 Å². The molecule has 1 aromatic heterocycles. The summed E-state index contributed by atoms with van der Waals surface area (Å²) in [4.78, 5) is 20.9. The van der Waals surface area contributed by atoms with Gasteiger partial charge in [0.25, 0.3) is 0 Å². The van der Waals surface area contributed by atoms with Crippen LogP contribution >= 0.6 is 11.8 Å². The number of amides is 1. The van der Waals surface area contributed by atoms with Crippen molar-refractivity contribution in [1.82, 2.24) is 9.97 Å². The monoisotopic (exact) mass is 369 g/mol. The molecule has 8 heteroatoms. The highest BCUT2D eigenvalue weighted by Gasteiger charge is 2.30. The molecule has 0 radical (unpaired) electrons.